The van der Waals surface area contributed by atoms with E-state index in [1.54, 1.807) is 17.5 Å². The third-order valence-electron chi connectivity index (χ3n) is 4.70. The van der Waals surface area contributed by atoms with Crippen molar-refractivity contribution in [2.75, 3.05) is 18.4 Å². The van der Waals surface area contributed by atoms with Crippen molar-refractivity contribution in [1.82, 2.24) is 20.1 Å². The molecule has 0 bridgehead atoms. The average molecular weight is 301 g/mol. The second-order valence-electron chi connectivity index (χ2n) is 6.02. The Kier molecular flexibility index (Phi) is 3.57. The highest BCUT2D eigenvalue weighted by molar-refractivity contribution is 7.09. The molecule has 2 aromatic rings. The van der Waals surface area contributed by atoms with Crippen molar-refractivity contribution in [2.45, 2.75) is 25.4 Å². The maximum absolute atomic E-state index is 4.17. The lowest BCUT2D eigenvalue weighted by Crippen LogP contribution is -2.29. The fourth-order valence-electron chi connectivity index (χ4n) is 3.78. The van der Waals surface area contributed by atoms with E-state index in [0.29, 0.717) is 6.04 Å². The Labute approximate surface area is 128 Å². The first-order valence-corrected chi connectivity index (χ1v) is 8.40. The van der Waals surface area contributed by atoms with Crippen molar-refractivity contribution < 1.29 is 0 Å². The summed E-state index contributed by atoms with van der Waals surface area (Å²) in [6.07, 6.45) is 6.28. The molecule has 1 aliphatic carbocycles. The zero-order valence-corrected chi connectivity index (χ0v) is 12.7. The van der Waals surface area contributed by atoms with Gasteiger partial charge in [-0.1, -0.05) is 0 Å². The van der Waals surface area contributed by atoms with Gasteiger partial charge in [-0.2, -0.15) is 5.10 Å². The summed E-state index contributed by atoms with van der Waals surface area (Å²) >= 11 is 1.75. The molecule has 0 radical (unpaired) electrons. The molecule has 0 aromatic carbocycles. The van der Waals surface area contributed by atoms with E-state index in [9.17, 15) is 0 Å². The molecular formula is C15H19N5S. The fraction of sp³-hybridized carbons (Fsp3) is 0.533. The summed E-state index contributed by atoms with van der Waals surface area (Å²) in [7, 11) is 0. The van der Waals surface area contributed by atoms with E-state index in [0.717, 1.165) is 24.2 Å². The van der Waals surface area contributed by atoms with Crippen molar-refractivity contribution in [2.24, 2.45) is 11.8 Å². The van der Waals surface area contributed by atoms with Crippen LogP contribution in [0.15, 0.2) is 30.0 Å². The van der Waals surface area contributed by atoms with Gasteiger partial charge in [-0.05, 0) is 36.8 Å². The van der Waals surface area contributed by atoms with Crippen LogP contribution < -0.4 is 5.32 Å². The Hall–Kier alpha value is -1.53. The number of anilines is 1. The predicted octanol–water partition coefficient (Wildman–Crippen LogP) is 2.26. The van der Waals surface area contributed by atoms with Crippen LogP contribution in [0.4, 0.5) is 5.82 Å². The molecule has 2 aliphatic rings. The lowest BCUT2D eigenvalue weighted by atomic mass is 9.98. The minimum atomic E-state index is 0.540. The van der Waals surface area contributed by atoms with Gasteiger partial charge < -0.3 is 5.32 Å². The number of aromatic nitrogens is 3. The number of hydrogen-bond donors (Lipinski definition) is 1. The Morgan fingerprint density at radius 2 is 2.33 bits per heavy atom. The molecule has 1 saturated carbocycles. The van der Waals surface area contributed by atoms with Gasteiger partial charge in [0.05, 0.1) is 5.51 Å². The van der Waals surface area contributed by atoms with Crippen molar-refractivity contribution in [3.05, 3.63) is 34.9 Å². The SMILES string of the molecule is c1cnnc(N[C@@H]2CC[C@@H]3CN(Cc4cncs4)C[C@@H]32)c1. The van der Waals surface area contributed by atoms with Crippen LogP contribution >= 0.6 is 11.3 Å². The summed E-state index contributed by atoms with van der Waals surface area (Å²) in [6, 6.07) is 4.48. The fourth-order valence-corrected chi connectivity index (χ4v) is 4.41. The molecule has 0 amide bonds. The molecular weight excluding hydrogens is 282 g/mol. The van der Waals surface area contributed by atoms with Crippen LogP contribution in [0, 0.1) is 11.8 Å². The van der Waals surface area contributed by atoms with E-state index < -0.39 is 0 Å². The molecule has 3 heterocycles. The first-order chi connectivity index (χ1) is 10.4. The van der Waals surface area contributed by atoms with Crippen LogP contribution in [0.25, 0.3) is 0 Å². The molecule has 2 fully saturated rings. The zero-order valence-electron chi connectivity index (χ0n) is 11.9. The highest BCUT2D eigenvalue weighted by atomic mass is 32.1. The molecule has 110 valence electrons. The van der Waals surface area contributed by atoms with Gasteiger partial charge in [0.25, 0.3) is 0 Å². The van der Waals surface area contributed by atoms with Crippen LogP contribution in [0.1, 0.15) is 17.7 Å². The van der Waals surface area contributed by atoms with E-state index in [-0.39, 0.29) is 0 Å². The van der Waals surface area contributed by atoms with Crippen molar-refractivity contribution in [1.29, 1.82) is 0 Å². The number of hydrogen-bond acceptors (Lipinski definition) is 6. The predicted molar refractivity (Wildman–Crippen MR) is 83.0 cm³/mol. The molecule has 0 unspecified atom stereocenters. The van der Waals surface area contributed by atoms with E-state index in [1.165, 1.54) is 30.8 Å². The van der Waals surface area contributed by atoms with Crippen molar-refractivity contribution >= 4 is 17.2 Å². The van der Waals surface area contributed by atoms with Crippen LogP contribution in [0.5, 0.6) is 0 Å². The molecule has 1 aliphatic heterocycles. The summed E-state index contributed by atoms with van der Waals surface area (Å²) in [5, 5.41) is 11.7. The molecule has 6 heteroatoms. The summed E-state index contributed by atoms with van der Waals surface area (Å²) < 4.78 is 0. The second-order valence-corrected chi connectivity index (χ2v) is 6.99. The highest BCUT2D eigenvalue weighted by Gasteiger charge is 2.42. The molecule has 1 N–H and O–H groups in total. The van der Waals surface area contributed by atoms with Gasteiger partial charge in [-0.15, -0.1) is 16.4 Å². The third-order valence-corrected chi connectivity index (χ3v) is 5.47. The van der Waals surface area contributed by atoms with Gasteiger partial charge in [0.2, 0.25) is 0 Å². The summed E-state index contributed by atoms with van der Waals surface area (Å²) in [4.78, 5) is 8.12. The monoisotopic (exact) mass is 301 g/mol. The van der Waals surface area contributed by atoms with Gasteiger partial charge in [-0.25, -0.2) is 0 Å². The van der Waals surface area contributed by atoms with Crippen molar-refractivity contribution in [3.8, 4) is 0 Å². The van der Waals surface area contributed by atoms with Gasteiger partial charge in [0, 0.05) is 42.9 Å². The Morgan fingerprint density at radius 3 is 3.14 bits per heavy atom. The molecule has 21 heavy (non-hydrogen) atoms. The van der Waals surface area contributed by atoms with E-state index in [2.05, 4.69) is 25.4 Å². The minimum Gasteiger partial charge on any atom is -0.366 e. The zero-order chi connectivity index (χ0) is 14.1. The highest BCUT2D eigenvalue weighted by Crippen LogP contribution is 2.39. The lowest BCUT2D eigenvalue weighted by molar-refractivity contribution is 0.302. The number of thiazole rings is 1. The molecule has 0 spiro atoms. The number of nitrogens with one attached hydrogen (secondary N) is 1. The van der Waals surface area contributed by atoms with Crippen molar-refractivity contribution in [3.63, 3.8) is 0 Å². The molecule has 1 saturated heterocycles. The molecule has 2 aromatic heterocycles. The summed E-state index contributed by atoms with van der Waals surface area (Å²) in [6.45, 7) is 3.46. The Morgan fingerprint density at radius 1 is 1.33 bits per heavy atom. The normalized spacial score (nSPS) is 28.7. The first-order valence-electron chi connectivity index (χ1n) is 7.52. The van der Waals surface area contributed by atoms with Crippen LogP contribution in [0.3, 0.4) is 0 Å². The van der Waals surface area contributed by atoms with E-state index in [4.69, 9.17) is 0 Å². The average Bonchev–Trinajstić information content (AvgIpc) is 3.20. The van der Waals surface area contributed by atoms with Gasteiger partial charge in [-0.3, -0.25) is 9.88 Å². The number of nitrogens with zero attached hydrogens (tertiary/aromatic N) is 4. The van der Waals surface area contributed by atoms with Gasteiger partial charge in [0.1, 0.15) is 5.82 Å². The molecule has 3 atom stereocenters. The van der Waals surface area contributed by atoms with Crippen LogP contribution in [-0.2, 0) is 6.54 Å². The maximum atomic E-state index is 4.17. The van der Waals surface area contributed by atoms with Crippen LogP contribution in [-0.4, -0.2) is 39.2 Å². The second kappa shape index (κ2) is 5.69. The minimum absolute atomic E-state index is 0.540. The smallest absolute Gasteiger partial charge is 0.148 e. The Balaban J connectivity index is 1.39. The lowest BCUT2D eigenvalue weighted by Gasteiger charge is -2.21. The standard InChI is InChI=1S/C15H19N5S/c1-2-15(19-17-5-1)18-14-4-3-11-7-20(9-13(11)14)8-12-6-16-10-21-12/h1-2,5-6,10-11,13-14H,3-4,7-9H2,(H,18,19)/t11-,13+,14-/m1/s1. The third kappa shape index (κ3) is 2.78. The quantitative estimate of drug-likeness (QED) is 0.939. The largest absolute Gasteiger partial charge is 0.366 e. The maximum Gasteiger partial charge on any atom is 0.148 e. The number of fused-ring (bicyclic) bond motifs is 1. The first kappa shape index (κ1) is 13.2. The number of rotatable bonds is 4. The topological polar surface area (TPSA) is 53.9 Å². The number of likely N-dealkylation sites (tertiary alicyclic amines) is 1. The van der Waals surface area contributed by atoms with Crippen LogP contribution in [0.2, 0.25) is 0 Å². The van der Waals surface area contributed by atoms with Gasteiger partial charge >= 0.3 is 0 Å². The summed E-state index contributed by atoms with van der Waals surface area (Å²) in [5.41, 5.74) is 1.92. The molecule has 4 rings (SSSR count). The van der Waals surface area contributed by atoms with E-state index in [1.807, 2.05) is 23.8 Å². The van der Waals surface area contributed by atoms with Gasteiger partial charge in [0.15, 0.2) is 0 Å². The van der Waals surface area contributed by atoms with E-state index >= 15 is 0 Å². The Bertz CT molecular complexity index is 573. The molecule has 5 nitrogen and oxygen atoms in total. The summed E-state index contributed by atoms with van der Waals surface area (Å²) in [5.74, 6) is 2.47.